The molecule has 0 radical (unpaired) electrons. The predicted molar refractivity (Wildman–Crippen MR) is 101 cm³/mol. The van der Waals surface area contributed by atoms with Crippen LogP contribution in [0.15, 0.2) is 0 Å². The molecule has 4 aliphatic rings. The number of aliphatic hydroxyl groups excluding tert-OH is 1. The lowest BCUT2D eigenvalue weighted by Gasteiger charge is -2.46. The number of rotatable bonds is 4. The lowest BCUT2D eigenvalue weighted by Crippen LogP contribution is -2.64. The number of aliphatic hydroxyl groups is 1. The molecule has 2 saturated heterocycles. The lowest BCUT2D eigenvalue weighted by atomic mass is 9.74. The van der Waals surface area contributed by atoms with Gasteiger partial charge in [0, 0.05) is 37.0 Å². The summed E-state index contributed by atoms with van der Waals surface area (Å²) in [6, 6.07) is 0.776. The van der Waals surface area contributed by atoms with E-state index in [0.717, 1.165) is 25.3 Å². The van der Waals surface area contributed by atoms with Crippen LogP contribution in [0, 0.1) is 11.8 Å². The molecule has 0 bridgehead atoms. The Morgan fingerprint density at radius 1 is 1.16 bits per heavy atom. The number of nitrogens with two attached hydrogens (primary N) is 1. The molecule has 2 aliphatic heterocycles. The summed E-state index contributed by atoms with van der Waals surface area (Å²) < 4.78 is 5.48. The van der Waals surface area contributed by atoms with Gasteiger partial charge in [-0.2, -0.15) is 0 Å². The Bertz CT molecular complexity index is 449. The molecule has 0 amide bonds. The minimum Gasteiger partial charge on any atom is -0.381 e. The van der Waals surface area contributed by atoms with Crippen LogP contribution in [-0.2, 0) is 4.74 Å². The van der Waals surface area contributed by atoms with E-state index in [-0.39, 0.29) is 6.04 Å². The maximum atomic E-state index is 9.99. The molecule has 0 aromatic heterocycles. The van der Waals surface area contributed by atoms with Crippen molar-refractivity contribution in [1.29, 1.82) is 0 Å². The normalized spacial score (nSPS) is 50.3. The fourth-order valence-corrected chi connectivity index (χ4v) is 6.79. The highest BCUT2D eigenvalue weighted by molar-refractivity contribution is 8.00. The van der Waals surface area contributed by atoms with E-state index in [1.54, 1.807) is 0 Å². The van der Waals surface area contributed by atoms with E-state index >= 15 is 0 Å². The van der Waals surface area contributed by atoms with Gasteiger partial charge in [-0.05, 0) is 56.8 Å². The topological polar surface area (TPSA) is 91.6 Å². The average molecular weight is 371 g/mol. The van der Waals surface area contributed by atoms with E-state index in [2.05, 4.69) is 27.7 Å². The number of methoxy groups -OCH3 is 1. The summed E-state index contributed by atoms with van der Waals surface area (Å²) in [5.74, 6) is 1.32. The zero-order valence-corrected chi connectivity index (χ0v) is 16.0. The Morgan fingerprint density at radius 2 is 1.96 bits per heavy atom. The van der Waals surface area contributed by atoms with E-state index in [1.165, 1.54) is 32.1 Å². The molecule has 6 N–H and O–H groups in total. The van der Waals surface area contributed by atoms with Gasteiger partial charge in [-0.1, -0.05) is 0 Å². The first-order valence-corrected chi connectivity index (χ1v) is 11.0. The first kappa shape index (κ1) is 18.5. The molecule has 6 nitrogen and oxygen atoms in total. The van der Waals surface area contributed by atoms with Gasteiger partial charge in [0.15, 0.2) is 0 Å². The molecule has 2 aliphatic carbocycles. The van der Waals surface area contributed by atoms with Crippen LogP contribution in [0.1, 0.15) is 44.9 Å². The maximum Gasteiger partial charge on any atom is 0.120 e. The number of nitrogens with one attached hydrogen (secondary N) is 3. The van der Waals surface area contributed by atoms with Gasteiger partial charge >= 0.3 is 0 Å². The molecule has 0 spiro atoms. The van der Waals surface area contributed by atoms with Crippen LogP contribution >= 0.6 is 11.8 Å². The molecule has 2 heterocycles. The third-order valence-corrected chi connectivity index (χ3v) is 8.30. The third kappa shape index (κ3) is 4.03. The van der Waals surface area contributed by atoms with Crippen molar-refractivity contribution < 1.29 is 9.84 Å². The summed E-state index contributed by atoms with van der Waals surface area (Å²) in [7, 11) is 1.84. The number of thioether (sulfide) groups is 1. The van der Waals surface area contributed by atoms with Gasteiger partial charge in [0.25, 0.3) is 0 Å². The summed E-state index contributed by atoms with van der Waals surface area (Å²) in [6.07, 6.45) is 8.18. The highest BCUT2D eigenvalue weighted by atomic mass is 32.2. The second-order valence-corrected chi connectivity index (χ2v) is 9.74. The fourth-order valence-electron chi connectivity index (χ4n) is 5.29. The van der Waals surface area contributed by atoms with Crippen molar-refractivity contribution in [3.8, 4) is 0 Å². The van der Waals surface area contributed by atoms with E-state index in [1.807, 2.05) is 7.11 Å². The van der Waals surface area contributed by atoms with Crippen LogP contribution in [-0.4, -0.2) is 60.0 Å². The maximum absolute atomic E-state index is 9.99. The monoisotopic (exact) mass is 370 g/mol. The molecule has 0 aromatic rings. The molecular formula is C18H34N4O2S. The van der Waals surface area contributed by atoms with Crippen LogP contribution in [0.2, 0.25) is 0 Å². The van der Waals surface area contributed by atoms with E-state index in [0.29, 0.717) is 34.9 Å². The van der Waals surface area contributed by atoms with Crippen LogP contribution in [0.3, 0.4) is 0 Å². The molecule has 2 saturated carbocycles. The molecule has 7 heteroatoms. The van der Waals surface area contributed by atoms with Crippen LogP contribution in [0.25, 0.3) is 0 Å². The van der Waals surface area contributed by atoms with Crippen molar-refractivity contribution in [2.75, 3.05) is 13.7 Å². The number of fused-ring (bicyclic) bond motifs is 3. The zero-order chi connectivity index (χ0) is 17.4. The average Bonchev–Trinajstić information content (AvgIpc) is 3.05. The number of hydrogen-bond acceptors (Lipinski definition) is 7. The Morgan fingerprint density at radius 3 is 2.72 bits per heavy atom. The highest BCUT2D eigenvalue weighted by Gasteiger charge is 2.48. The van der Waals surface area contributed by atoms with Gasteiger partial charge in [0.1, 0.15) is 11.7 Å². The number of hydrogen-bond donors (Lipinski definition) is 5. The Labute approximate surface area is 155 Å². The molecule has 7 unspecified atom stereocenters. The summed E-state index contributed by atoms with van der Waals surface area (Å²) >= 11 is 2.07. The van der Waals surface area contributed by atoms with E-state index in [9.17, 15) is 5.11 Å². The second-order valence-electron chi connectivity index (χ2n) is 8.39. The zero-order valence-electron chi connectivity index (χ0n) is 15.2. The van der Waals surface area contributed by atoms with Gasteiger partial charge in [0.2, 0.25) is 0 Å². The quantitative estimate of drug-likeness (QED) is 0.494. The smallest absolute Gasteiger partial charge is 0.120 e. The van der Waals surface area contributed by atoms with Crippen LogP contribution < -0.4 is 21.7 Å². The molecule has 0 aromatic carbocycles. The number of piperidine rings is 1. The Hall–Kier alpha value is 0.110. The highest BCUT2D eigenvalue weighted by Crippen LogP contribution is 2.42. The van der Waals surface area contributed by atoms with Crippen molar-refractivity contribution in [3.05, 3.63) is 0 Å². The molecule has 4 rings (SSSR count). The van der Waals surface area contributed by atoms with Gasteiger partial charge < -0.3 is 15.6 Å². The summed E-state index contributed by atoms with van der Waals surface area (Å²) in [4.78, 5) is 0. The van der Waals surface area contributed by atoms with E-state index in [4.69, 9.17) is 10.5 Å². The van der Waals surface area contributed by atoms with Gasteiger partial charge in [-0.3, -0.25) is 16.0 Å². The number of ether oxygens (including phenoxy) is 1. The van der Waals surface area contributed by atoms with Gasteiger partial charge in [0.05, 0.1) is 6.10 Å². The van der Waals surface area contributed by atoms with Crippen LogP contribution in [0.4, 0.5) is 0 Å². The summed E-state index contributed by atoms with van der Waals surface area (Å²) in [5, 5.41) is 21.6. The van der Waals surface area contributed by atoms with Crippen molar-refractivity contribution in [1.82, 2.24) is 16.0 Å². The first-order chi connectivity index (χ1) is 12.1. The second kappa shape index (κ2) is 8.00. The summed E-state index contributed by atoms with van der Waals surface area (Å²) in [6.45, 7) is 1.10. The van der Waals surface area contributed by atoms with Crippen molar-refractivity contribution in [2.24, 2.45) is 17.6 Å². The minimum absolute atomic E-state index is 0.144. The predicted octanol–water partition coefficient (Wildman–Crippen LogP) is 0.556. The van der Waals surface area contributed by atoms with Gasteiger partial charge in [-0.15, -0.1) is 11.8 Å². The molecule has 7 atom stereocenters. The SMILES string of the molecule is COC1CCC(CNC2NC3C(CCC4NC(O)C(N)CC43)S2)CC1. The summed E-state index contributed by atoms with van der Waals surface area (Å²) in [5.41, 5.74) is 6.47. The fraction of sp³-hybridized carbons (Fsp3) is 1.00. The molecular weight excluding hydrogens is 336 g/mol. The van der Waals surface area contributed by atoms with Crippen LogP contribution in [0.5, 0.6) is 0 Å². The molecule has 25 heavy (non-hydrogen) atoms. The van der Waals surface area contributed by atoms with Gasteiger partial charge in [-0.25, -0.2) is 0 Å². The minimum atomic E-state index is -0.539. The van der Waals surface area contributed by atoms with Crippen molar-refractivity contribution >= 4 is 11.8 Å². The molecule has 4 fully saturated rings. The Balaban J connectivity index is 1.26. The van der Waals surface area contributed by atoms with Crippen molar-refractivity contribution in [3.63, 3.8) is 0 Å². The largest absolute Gasteiger partial charge is 0.381 e. The standard InChI is InChI=1S/C18H34N4O2S/c1-24-11-4-2-10(3-5-11)9-20-18-22-16-12-8-13(19)17(23)21-14(12)6-7-15(16)25-18/h10-18,20-23H,2-9,19H2,1H3. The van der Waals surface area contributed by atoms with E-state index < -0.39 is 6.23 Å². The first-order valence-electron chi connectivity index (χ1n) is 10.0. The Kier molecular flexibility index (Phi) is 5.91. The van der Waals surface area contributed by atoms with Crippen molar-refractivity contribution in [2.45, 2.75) is 86.2 Å². The third-order valence-electron chi connectivity index (χ3n) is 6.85. The molecule has 144 valence electrons. The lowest BCUT2D eigenvalue weighted by molar-refractivity contribution is 0.0178.